The highest BCUT2D eigenvalue weighted by Crippen LogP contribution is 2.59. The molecule has 0 spiro atoms. The maximum atomic E-state index is 12.7. The summed E-state index contributed by atoms with van der Waals surface area (Å²) in [5, 5.41) is 15.6. The summed E-state index contributed by atoms with van der Waals surface area (Å²) >= 11 is 0. The number of hydrogen-bond donors (Lipinski definition) is 2. The van der Waals surface area contributed by atoms with Gasteiger partial charge in [0, 0.05) is 22.1 Å². The van der Waals surface area contributed by atoms with Crippen LogP contribution in [0.15, 0.2) is 53.6 Å². The first-order valence-electron chi connectivity index (χ1n) is 10.5. The average Bonchev–Trinajstić information content (AvgIpc) is 3.37. The molecule has 4 rings (SSSR count). The first-order valence-corrected chi connectivity index (χ1v) is 10.5. The second kappa shape index (κ2) is 8.84. The zero-order valence-electron chi connectivity index (χ0n) is 18.0. The van der Waals surface area contributed by atoms with Gasteiger partial charge in [-0.2, -0.15) is 0 Å². The highest BCUT2D eigenvalue weighted by atomic mass is 16.5. The van der Waals surface area contributed by atoms with E-state index in [2.05, 4.69) is 15.3 Å². The minimum atomic E-state index is -1.03. The van der Waals surface area contributed by atoms with Crippen molar-refractivity contribution in [3.8, 4) is 11.5 Å². The van der Waals surface area contributed by atoms with Crippen LogP contribution in [0.25, 0.3) is 10.4 Å². The molecule has 2 amide bonds. The Hall–Kier alpha value is -4.04. The molecule has 1 heterocycles. The molecule has 0 aromatic heterocycles. The number of carbonyl (C=O) groups excluding carboxylic acids is 2. The number of nitrogens with zero attached hydrogens (tertiary/aromatic N) is 4. The third-order valence-electron chi connectivity index (χ3n) is 6.21. The summed E-state index contributed by atoms with van der Waals surface area (Å²) in [7, 11) is 0. The average molecular weight is 449 g/mol. The van der Waals surface area contributed by atoms with Gasteiger partial charge in [-0.05, 0) is 54.1 Å². The van der Waals surface area contributed by atoms with Crippen LogP contribution in [0.1, 0.15) is 35.7 Å². The van der Waals surface area contributed by atoms with Gasteiger partial charge in [-0.15, -0.1) is 0 Å². The summed E-state index contributed by atoms with van der Waals surface area (Å²) in [5.74, 6) is -0.912. The molecule has 2 aliphatic rings. The first-order chi connectivity index (χ1) is 15.8. The number of para-hydroxylation sites is 1. The highest BCUT2D eigenvalue weighted by molar-refractivity contribution is 5.97. The van der Waals surface area contributed by atoms with Gasteiger partial charge in [-0.3, -0.25) is 9.59 Å². The fourth-order valence-electron chi connectivity index (χ4n) is 4.36. The molecular formula is C23H23N5O5. The number of benzene rings is 2. The molecule has 170 valence electrons. The number of likely N-dealkylation sites (tertiary alicyclic amines) is 1. The Labute approximate surface area is 189 Å². The number of carboxylic acids is 1. The number of hydrogen-bond acceptors (Lipinski definition) is 5. The number of rotatable bonds is 8. The minimum Gasteiger partial charge on any atom is -0.480 e. The van der Waals surface area contributed by atoms with E-state index in [4.69, 9.17) is 10.3 Å². The Kier molecular flexibility index (Phi) is 5.93. The van der Waals surface area contributed by atoms with Crippen LogP contribution in [0.5, 0.6) is 11.5 Å². The molecule has 10 nitrogen and oxygen atoms in total. The van der Waals surface area contributed by atoms with Gasteiger partial charge in [0.15, 0.2) is 0 Å². The molecule has 10 heteroatoms. The Balaban J connectivity index is 1.45. The van der Waals surface area contributed by atoms with Crippen LogP contribution in [0.4, 0.5) is 0 Å². The van der Waals surface area contributed by atoms with Crippen LogP contribution in [0.3, 0.4) is 0 Å². The highest BCUT2D eigenvalue weighted by Gasteiger charge is 2.64. The maximum Gasteiger partial charge on any atom is 0.326 e. The van der Waals surface area contributed by atoms with Gasteiger partial charge in [-0.25, -0.2) is 4.79 Å². The van der Waals surface area contributed by atoms with Crippen molar-refractivity contribution in [3.63, 3.8) is 0 Å². The summed E-state index contributed by atoms with van der Waals surface area (Å²) in [6, 6.07) is 12.8. The van der Waals surface area contributed by atoms with Crippen LogP contribution in [0, 0.1) is 5.41 Å². The van der Waals surface area contributed by atoms with E-state index in [1.165, 1.54) is 4.90 Å². The molecule has 0 bridgehead atoms. The molecule has 2 fully saturated rings. The molecule has 1 aliphatic carbocycles. The lowest BCUT2D eigenvalue weighted by Gasteiger charge is -2.24. The number of aliphatic carboxylic acids is 1. The molecule has 2 aromatic carbocycles. The minimum absolute atomic E-state index is 0.0208. The SMILES string of the molecule is C[C@@]12C[C@@H]1N(C(=O)CNC(=O)c1ccc(Oc3ccccc3)c(CN=[N+]=[N-])c1)[C@H](C(=O)O)C2. The van der Waals surface area contributed by atoms with Crippen LogP contribution < -0.4 is 10.1 Å². The van der Waals surface area contributed by atoms with Crippen LogP contribution in [-0.4, -0.2) is 46.4 Å². The molecule has 3 atom stereocenters. The van der Waals surface area contributed by atoms with Gasteiger partial charge in [0.1, 0.15) is 17.5 Å². The van der Waals surface area contributed by atoms with Crippen molar-refractivity contribution >= 4 is 17.8 Å². The Morgan fingerprint density at radius 2 is 2.00 bits per heavy atom. The number of azide groups is 1. The number of amides is 2. The molecule has 1 saturated heterocycles. The zero-order valence-corrected chi connectivity index (χ0v) is 18.0. The molecule has 2 N–H and O–H groups in total. The number of fused-ring (bicyclic) bond motifs is 1. The third kappa shape index (κ3) is 4.61. The van der Waals surface area contributed by atoms with E-state index >= 15 is 0 Å². The number of carbonyl (C=O) groups is 3. The molecule has 1 saturated carbocycles. The fraction of sp³-hybridized carbons (Fsp3) is 0.348. The summed E-state index contributed by atoms with van der Waals surface area (Å²) in [4.78, 5) is 41.1. The number of ether oxygens (including phenoxy) is 1. The third-order valence-corrected chi connectivity index (χ3v) is 6.21. The zero-order chi connectivity index (χ0) is 23.6. The van der Waals surface area contributed by atoms with Crippen molar-refractivity contribution in [2.24, 2.45) is 10.5 Å². The van der Waals surface area contributed by atoms with Gasteiger partial charge < -0.3 is 20.1 Å². The van der Waals surface area contributed by atoms with E-state index < -0.39 is 23.8 Å². The lowest BCUT2D eigenvalue weighted by atomic mass is 10.0. The van der Waals surface area contributed by atoms with E-state index in [-0.39, 0.29) is 30.1 Å². The predicted molar refractivity (Wildman–Crippen MR) is 118 cm³/mol. The van der Waals surface area contributed by atoms with Gasteiger partial charge in [0.25, 0.3) is 5.91 Å². The number of carboxylic acid groups (broad SMARTS) is 1. The lowest BCUT2D eigenvalue weighted by Crippen LogP contribution is -2.47. The Morgan fingerprint density at radius 3 is 2.70 bits per heavy atom. The molecule has 33 heavy (non-hydrogen) atoms. The fourth-order valence-corrected chi connectivity index (χ4v) is 4.36. The van der Waals surface area contributed by atoms with E-state index in [9.17, 15) is 19.5 Å². The van der Waals surface area contributed by atoms with Gasteiger partial charge >= 0.3 is 5.97 Å². The van der Waals surface area contributed by atoms with Gasteiger partial charge in [-0.1, -0.05) is 30.2 Å². The van der Waals surface area contributed by atoms with Gasteiger partial charge in [0.2, 0.25) is 5.91 Å². The number of piperidine rings is 1. The number of nitrogens with one attached hydrogen (secondary N) is 1. The van der Waals surface area contributed by atoms with E-state index in [1.54, 1.807) is 30.3 Å². The van der Waals surface area contributed by atoms with Crippen LogP contribution in [-0.2, 0) is 16.1 Å². The molecule has 1 aliphatic heterocycles. The van der Waals surface area contributed by atoms with Crippen LogP contribution >= 0.6 is 0 Å². The largest absolute Gasteiger partial charge is 0.480 e. The standard InChI is InChI=1S/C23H23N5O5/c1-23-10-17(22(31)32)28(19(23)11-23)20(29)13-25-21(30)14-7-8-18(15(9-14)12-26-27-24)33-16-5-3-2-4-6-16/h2-9,17,19H,10-13H2,1H3,(H,25,30)(H,31,32)/t17-,19-,23+/m0/s1. The van der Waals surface area contributed by atoms with E-state index in [0.717, 1.165) is 6.42 Å². The second-order valence-corrected chi connectivity index (χ2v) is 8.54. The normalized spacial score (nSPS) is 22.6. The Morgan fingerprint density at radius 1 is 1.24 bits per heavy atom. The lowest BCUT2D eigenvalue weighted by molar-refractivity contribution is -0.149. The maximum absolute atomic E-state index is 12.7. The van der Waals surface area contributed by atoms with Crippen molar-refractivity contribution in [1.29, 1.82) is 0 Å². The summed E-state index contributed by atoms with van der Waals surface area (Å²) < 4.78 is 5.84. The molecule has 0 radical (unpaired) electrons. The quantitative estimate of drug-likeness (QED) is 0.360. The molecular weight excluding hydrogens is 426 g/mol. The second-order valence-electron chi connectivity index (χ2n) is 8.54. The van der Waals surface area contributed by atoms with Crippen LogP contribution in [0.2, 0.25) is 0 Å². The first kappa shape index (κ1) is 22.2. The van der Waals surface area contributed by atoms with Crippen molar-refractivity contribution in [2.75, 3.05) is 6.54 Å². The predicted octanol–water partition coefficient (Wildman–Crippen LogP) is 3.48. The monoisotopic (exact) mass is 449 g/mol. The summed E-state index contributed by atoms with van der Waals surface area (Å²) in [6.45, 7) is 1.65. The summed E-state index contributed by atoms with van der Waals surface area (Å²) in [5.41, 5.74) is 9.32. The van der Waals surface area contributed by atoms with Crippen molar-refractivity contribution in [2.45, 2.75) is 38.4 Å². The van der Waals surface area contributed by atoms with E-state index in [1.807, 2.05) is 25.1 Å². The van der Waals surface area contributed by atoms with Crippen molar-refractivity contribution < 1.29 is 24.2 Å². The molecule has 0 unspecified atom stereocenters. The smallest absolute Gasteiger partial charge is 0.326 e. The molecule has 2 aromatic rings. The summed E-state index contributed by atoms with van der Waals surface area (Å²) in [6.07, 6.45) is 1.21. The van der Waals surface area contributed by atoms with Gasteiger partial charge in [0.05, 0.1) is 13.1 Å². The van der Waals surface area contributed by atoms with Crippen molar-refractivity contribution in [3.05, 3.63) is 70.1 Å². The van der Waals surface area contributed by atoms with E-state index in [0.29, 0.717) is 23.5 Å². The van der Waals surface area contributed by atoms with Crippen molar-refractivity contribution in [1.82, 2.24) is 10.2 Å². The topological polar surface area (TPSA) is 145 Å². The Bertz CT molecular complexity index is 1150.